The van der Waals surface area contributed by atoms with Crippen molar-refractivity contribution in [3.63, 3.8) is 0 Å². The van der Waals surface area contributed by atoms with Crippen molar-refractivity contribution in [1.29, 1.82) is 0 Å². The number of anilines is 1. The zero-order valence-electron chi connectivity index (χ0n) is 25.7. The number of amidine groups is 1. The zero-order valence-corrected chi connectivity index (χ0v) is 26.5. The fraction of sp³-hybridized carbons (Fsp3) is 0.455. The molecule has 228 valence electrons. The number of nitrogens with zero attached hydrogens (tertiary/aromatic N) is 4. The average molecular weight is 596 g/mol. The van der Waals surface area contributed by atoms with E-state index in [1.54, 1.807) is 26.4 Å². The second-order valence-electron chi connectivity index (χ2n) is 10.4. The van der Waals surface area contributed by atoms with E-state index in [0.717, 1.165) is 63.4 Å². The highest BCUT2D eigenvalue weighted by Crippen LogP contribution is 2.35. The molecule has 1 aliphatic rings. The number of nitrogens with one attached hydrogen (secondary N) is 1. The van der Waals surface area contributed by atoms with Crippen LogP contribution in [0.25, 0.3) is 0 Å². The minimum absolute atomic E-state index is 0.181. The number of piperazine rings is 1. The van der Waals surface area contributed by atoms with E-state index in [1.807, 2.05) is 30.0 Å². The lowest BCUT2D eigenvalue weighted by Crippen LogP contribution is -2.46. The van der Waals surface area contributed by atoms with Crippen LogP contribution in [-0.2, 0) is 11.3 Å². The molecule has 8 nitrogen and oxygen atoms in total. The van der Waals surface area contributed by atoms with Crippen molar-refractivity contribution in [2.24, 2.45) is 4.99 Å². The van der Waals surface area contributed by atoms with Gasteiger partial charge in [0.2, 0.25) is 6.41 Å². The Labute approximate surface area is 256 Å². The predicted octanol–water partition coefficient (Wildman–Crippen LogP) is 5.91. The number of carbonyl (C=O) groups excluding carboxylic acids is 1. The summed E-state index contributed by atoms with van der Waals surface area (Å²) in [5.74, 6) is 2.01. The van der Waals surface area contributed by atoms with Crippen molar-refractivity contribution in [3.8, 4) is 11.5 Å². The van der Waals surface area contributed by atoms with Gasteiger partial charge in [-0.15, -0.1) is 0 Å². The fourth-order valence-corrected chi connectivity index (χ4v) is 5.60. The van der Waals surface area contributed by atoms with E-state index in [1.165, 1.54) is 16.8 Å². The summed E-state index contributed by atoms with van der Waals surface area (Å²) in [5, 5.41) is 3.51. The SMILES string of the molecule is C=C/C=C(/Cl)NC(C)=NCCC[C@H](c1ccc(OC)c(OC)c1)N(C=O)Cc1c(C)cccc1N1CCN(CC)CC1. The monoisotopic (exact) mass is 595 g/mol. The first kappa shape index (κ1) is 33.0. The van der Waals surface area contributed by atoms with Crippen molar-refractivity contribution in [2.75, 3.05) is 58.4 Å². The molecule has 1 N–H and O–H groups in total. The molecule has 2 aromatic rings. The zero-order chi connectivity index (χ0) is 30.5. The van der Waals surface area contributed by atoms with Gasteiger partial charge in [0.25, 0.3) is 0 Å². The van der Waals surface area contributed by atoms with Gasteiger partial charge in [-0.05, 0) is 74.2 Å². The molecule has 9 heteroatoms. The van der Waals surface area contributed by atoms with Gasteiger partial charge in [-0.1, -0.05) is 49.4 Å². The number of halogens is 1. The number of rotatable bonds is 15. The molecular weight excluding hydrogens is 550 g/mol. The number of likely N-dealkylation sites (N-methyl/N-ethyl adjacent to an activating group) is 1. The lowest BCUT2D eigenvalue weighted by Gasteiger charge is -2.38. The highest BCUT2D eigenvalue weighted by molar-refractivity contribution is 6.30. The average Bonchev–Trinajstić information content (AvgIpc) is 3.00. The van der Waals surface area contributed by atoms with E-state index in [4.69, 9.17) is 21.1 Å². The number of hydrogen-bond acceptors (Lipinski definition) is 6. The number of benzene rings is 2. The maximum absolute atomic E-state index is 12.8. The molecule has 0 unspecified atom stereocenters. The largest absolute Gasteiger partial charge is 0.493 e. The van der Waals surface area contributed by atoms with Crippen LogP contribution in [0.3, 0.4) is 0 Å². The van der Waals surface area contributed by atoms with Gasteiger partial charge in [-0.2, -0.15) is 0 Å². The Balaban J connectivity index is 1.88. The van der Waals surface area contributed by atoms with Gasteiger partial charge in [0.05, 0.1) is 26.1 Å². The summed E-state index contributed by atoms with van der Waals surface area (Å²) < 4.78 is 11.1. The quantitative estimate of drug-likeness (QED) is 0.0690. The van der Waals surface area contributed by atoms with Crippen LogP contribution >= 0.6 is 11.6 Å². The minimum Gasteiger partial charge on any atom is -0.493 e. The highest BCUT2D eigenvalue weighted by atomic mass is 35.5. The van der Waals surface area contributed by atoms with Crippen LogP contribution in [0.4, 0.5) is 5.69 Å². The van der Waals surface area contributed by atoms with Crippen LogP contribution in [0.1, 0.15) is 49.4 Å². The smallest absolute Gasteiger partial charge is 0.210 e. The number of amides is 1. The number of allylic oxidation sites excluding steroid dienone is 2. The first-order chi connectivity index (χ1) is 20.3. The van der Waals surface area contributed by atoms with E-state index in [9.17, 15) is 4.79 Å². The van der Waals surface area contributed by atoms with Crippen LogP contribution in [0.5, 0.6) is 11.5 Å². The van der Waals surface area contributed by atoms with Gasteiger partial charge < -0.3 is 29.5 Å². The topological polar surface area (TPSA) is 69.6 Å². The molecule has 0 saturated carbocycles. The number of methoxy groups -OCH3 is 2. The molecule has 0 aromatic heterocycles. The standard InChI is InChI=1S/C33H46ClN5O3/c1-7-11-33(34)36-26(4)35-17-10-14-29(27-15-16-31(41-5)32(22-27)42-6)39(24-40)23-28-25(3)12-9-13-30(28)38-20-18-37(8-2)19-21-38/h7,9,11-13,15-16,22,24,29H,1,8,10,14,17-21,23H2,2-6H3,(H,35,36)/b33-11-/t29-/m1/s1. The second-order valence-corrected chi connectivity index (χ2v) is 10.8. The molecule has 1 saturated heterocycles. The lowest BCUT2D eigenvalue weighted by atomic mass is 9.97. The third-order valence-corrected chi connectivity index (χ3v) is 7.98. The number of aliphatic imine (C=N–C) groups is 1. The third-order valence-electron chi connectivity index (χ3n) is 7.76. The van der Waals surface area contributed by atoms with Gasteiger partial charge in [-0.3, -0.25) is 9.79 Å². The Morgan fingerprint density at radius 3 is 2.55 bits per heavy atom. The number of aryl methyl sites for hydroxylation is 1. The van der Waals surface area contributed by atoms with Crippen molar-refractivity contribution in [2.45, 2.75) is 46.2 Å². The van der Waals surface area contributed by atoms with Gasteiger partial charge >= 0.3 is 0 Å². The summed E-state index contributed by atoms with van der Waals surface area (Å²) >= 11 is 6.13. The van der Waals surface area contributed by atoms with E-state index >= 15 is 0 Å². The van der Waals surface area contributed by atoms with Crippen LogP contribution in [0.15, 0.2) is 65.3 Å². The van der Waals surface area contributed by atoms with Crippen LogP contribution in [0, 0.1) is 6.92 Å². The van der Waals surface area contributed by atoms with Gasteiger partial charge in [0.1, 0.15) is 5.16 Å². The maximum Gasteiger partial charge on any atom is 0.210 e. The summed E-state index contributed by atoms with van der Waals surface area (Å²) in [4.78, 5) is 24.3. The number of carbonyl (C=O) groups is 1. The van der Waals surface area contributed by atoms with E-state index in [0.29, 0.717) is 29.7 Å². The van der Waals surface area contributed by atoms with Crippen molar-refractivity contribution in [1.82, 2.24) is 15.1 Å². The van der Waals surface area contributed by atoms with Crippen LogP contribution in [-0.4, -0.2) is 75.5 Å². The van der Waals surface area contributed by atoms with Crippen molar-refractivity contribution >= 4 is 29.5 Å². The predicted molar refractivity (Wildman–Crippen MR) is 174 cm³/mol. The third kappa shape index (κ3) is 9.00. The molecular formula is C33H46ClN5O3. The van der Waals surface area contributed by atoms with Crippen molar-refractivity contribution < 1.29 is 14.3 Å². The van der Waals surface area contributed by atoms with Crippen LogP contribution in [0.2, 0.25) is 0 Å². The summed E-state index contributed by atoms with van der Waals surface area (Å²) in [6.45, 7) is 16.1. The highest BCUT2D eigenvalue weighted by Gasteiger charge is 2.25. The number of ether oxygens (including phenoxy) is 2. The second kappa shape index (κ2) is 16.8. The molecule has 42 heavy (non-hydrogen) atoms. The number of hydrogen-bond donors (Lipinski definition) is 1. The molecule has 3 rings (SSSR count). The Morgan fingerprint density at radius 1 is 1.17 bits per heavy atom. The normalized spacial score (nSPS) is 15.2. The Hall–Kier alpha value is -3.49. The van der Waals surface area contributed by atoms with E-state index < -0.39 is 0 Å². The minimum atomic E-state index is -0.181. The first-order valence-electron chi connectivity index (χ1n) is 14.6. The van der Waals surface area contributed by atoms with Crippen LogP contribution < -0.4 is 19.7 Å². The van der Waals surface area contributed by atoms with E-state index in [2.05, 4.69) is 58.7 Å². The molecule has 1 fully saturated rings. The molecule has 0 spiro atoms. The summed E-state index contributed by atoms with van der Waals surface area (Å²) in [5.41, 5.74) is 4.56. The molecule has 0 bridgehead atoms. The molecule has 0 radical (unpaired) electrons. The molecule has 1 aliphatic heterocycles. The Morgan fingerprint density at radius 2 is 1.90 bits per heavy atom. The van der Waals surface area contributed by atoms with Gasteiger partial charge in [0, 0.05) is 45.0 Å². The first-order valence-corrected chi connectivity index (χ1v) is 15.0. The molecule has 1 atom stereocenters. The Kier molecular flexibility index (Phi) is 13.2. The summed E-state index contributed by atoms with van der Waals surface area (Å²) in [6, 6.07) is 12.1. The summed E-state index contributed by atoms with van der Waals surface area (Å²) in [7, 11) is 3.25. The summed E-state index contributed by atoms with van der Waals surface area (Å²) in [6.07, 6.45) is 5.76. The van der Waals surface area contributed by atoms with E-state index in [-0.39, 0.29) is 6.04 Å². The molecule has 1 amide bonds. The molecule has 0 aliphatic carbocycles. The van der Waals surface area contributed by atoms with Gasteiger partial charge in [0.15, 0.2) is 11.5 Å². The Bertz CT molecular complexity index is 1240. The molecule has 2 aromatic carbocycles. The van der Waals surface area contributed by atoms with Crippen molar-refractivity contribution in [3.05, 3.63) is 77.0 Å². The lowest BCUT2D eigenvalue weighted by molar-refractivity contribution is -0.121. The molecule has 1 heterocycles. The fourth-order valence-electron chi connectivity index (χ4n) is 5.37. The van der Waals surface area contributed by atoms with Gasteiger partial charge in [-0.25, -0.2) is 0 Å². The maximum atomic E-state index is 12.8.